The van der Waals surface area contributed by atoms with Gasteiger partial charge in [0.05, 0.1) is 12.6 Å². The predicted molar refractivity (Wildman–Crippen MR) is 76.6 cm³/mol. The Hall–Kier alpha value is -2.55. The molecule has 2 aromatic carbocycles. The Morgan fingerprint density at radius 1 is 1.00 bits per heavy atom. The van der Waals surface area contributed by atoms with Crippen LogP contribution < -0.4 is 10.3 Å². The summed E-state index contributed by atoms with van der Waals surface area (Å²) >= 11 is 0. The molecule has 0 saturated heterocycles. The first kappa shape index (κ1) is 11.5. The van der Waals surface area contributed by atoms with Gasteiger partial charge in [-0.15, -0.1) is 0 Å². The van der Waals surface area contributed by atoms with E-state index in [0.29, 0.717) is 11.3 Å². The molecule has 0 spiro atoms. The minimum atomic E-state index is -0.108. The van der Waals surface area contributed by atoms with Crippen LogP contribution in [0.25, 0.3) is 22.0 Å². The van der Waals surface area contributed by atoms with E-state index in [1.807, 2.05) is 54.6 Å². The van der Waals surface area contributed by atoms with Crippen molar-refractivity contribution in [2.24, 2.45) is 0 Å². The Balaban J connectivity index is 2.30. The number of pyridine rings is 1. The van der Waals surface area contributed by atoms with Gasteiger partial charge >= 0.3 is 0 Å². The summed E-state index contributed by atoms with van der Waals surface area (Å²) in [6, 6.07) is 17.2. The van der Waals surface area contributed by atoms with Crippen LogP contribution in [-0.2, 0) is 0 Å². The lowest BCUT2D eigenvalue weighted by Gasteiger charge is -2.07. The van der Waals surface area contributed by atoms with E-state index in [1.165, 1.54) is 0 Å². The zero-order chi connectivity index (χ0) is 13.2. The molecule has 0 radical (unpaired) electrons. The number of aromatic nitrogens is 1. The van der Waals surface area contributed by atoms with Gasteiger partial charge in [-0.2, -0.15) is 0 Å². The van der Waals surface area contributed by atoms with Gasteiger partial charge in [0, 0.05) is 10.9 Å². The van der Waals surface area contributed by atoms with E-state index in [1.54, 1.807) is 7.11 Å². The van der Waals surface area contributed by atoms with Crippen molar-refractivity contribution in [1.29, 1.82) is 0 Å². The van der Waals surface area contributed by atoms with Crippen molar-refractivity contribution in [2.45, 2.75) is 0 Å². The average molecular weight is 251 g/mol. The van der Waals surface area contributed by atoms with Crippen LogP contribution in [0.4, 0.5) is 0 Å². The highest BCUT2D eigenvalue weighted by molar-refractivity contribution is 5.87. The first-order chi connectivity index (χ1) is 9.29. The van der Waals surface area contributed by atoms with Crippen LogP contribution in [0, 0.1) is 0 Å². The number of H-pyrrole nitrogens is 1. The molecular weight excluding hydrogens is 238 g/mol. The summed E-state index contributed by atoms with van der Waals surface area (Å²) in [7, 11) is 1.60. The third kappa shape index (κ3) is 1.99. The van der Waals surface area contributed by atoms with E-state index in [4.69, 9.17) is 4.74 Å². The highest BCUT2D eigenvalue weighted by Gasteiger charge is 2.07. The topological polar surface area (TPSA) is 42.1 Å². The molecule has 94 valence electrons. The molecular formula is C16H13NO2. The molecule has 3 nitrogen and oxygen atoms in total. The van der Waals surface area contributed by atoms with Crippen molar-refractivity contribution in [3.8, 4) is 16.9 Å². The summed E-state index contributed by atoms with van der Waals surface area (Å²) in [5.41, 5.74) is 2.20. The molecule has 0 atom stereocenters. The van der Waals surface area contributed by atoms with E-state index >= 15 is 0 Å². The normalized spacial score (nSPS) is 10.6. The van der Waals surface area contributed by atoms with Crippen LogP contribution in [-0.4, -0.2) is 12.1 Å². The number of ether oxygens (including phenoxy) is 1. The maximum Gasteiger partial charge on any atom is 0.256 e. The van der Waals surface area contributed by atoms with Crippen LogP contribution >= 0.6 is 0 Å². The van der Waals surface area contributed by atoms with Gasteiger partial charge in [-0.3, -0.25) is 4.79 Å². The van der Waals surface area contributed by atoms with Crippen molar-refractivity contribution in [1.82, 2.24) is 4.98 Å². The highest BCUT2D eigenvalue weighted by atomic mass is 16.5. The van der Waals surface area contributed by atoms with E-state index in [2.05, 4.69) is 4.98 Å². The predicted octanol–water partition coefficient (Wildman–Crippen LogP) is 3.20. The Morgan fingerprint density at radius 2 is 1.79 bits per heavy atom. The molecule has 1 heterocycles. The second-order valence-electron chi connectivity index (χ2n) is 4.30. The number of benzene rings is 2. The summed E-state index contributed by atoms with van der Waals surface area (Å²) in [6.45, 7) is 0. The summed E-state index contributed by atoms with van der Waals surface area (Å²) in [5, 5.41) is 0.956. The van der Waals surface area contributed by atoms with Gasteiger partial charge in [-0.05, 0) is 17.7 Å². The van der Waals surface area contributed by atoms with Gasteiger partial charge in [0.2, 0.25) is 0 Å². The fraction of sp³-hybridized carbons (Fsp3) is 0.0625. The minimum Gasteiger partial charge on any atom is -0.495 e. The summed E-state index contributed by atoms with van der Waals surface area (Å²) < 4.78 is 5.26. The summed E-state index contributed by atoms with van der Waals surface area (Å²) in [6.07, 6.45) is 0. The fourth-order valence-corrected chi connectivity index (χ4v) is 2.21. The van der Waals surface area contributed by atoms with Crippen molar-refractivity contribution in [3.63, 3.8) is 0 Å². The third-order valence-electron chi connectivity index (χ3n) is 3.15. The molecule has 1 N–H and O–H groups in total. The number of aromatic amines is 1. The average Bonchev–Trinajstić information content (AvgIpc) is 2.47. The van der Waals surface area contributed by atoms with E-state index in [9.17, 15) is 4.79 Å². The monoisotopic (exact) mass is 251 g/mol. The summed E-state index contributed by atoms with van der Waals surface area (Å²) in [5.74, 6) is 0.675. The summed E-state index contributed by atoms with van der Waals surface area (Å²) in [4.78, 5) is 15.1. The molecule has 3 heteroatoms. The van der Waals surface area contributed by atoms with Gasteiger partial charge in [-0.1, -0.05) is 42.5 Å². The first-order valence-corrected chi connectivity index (χ1v) is 6.05. The molecule has 0 bridgehead atoms. The van der Waals surface area contributed by atoms with E-state index < -0.39 is 0 Å². The van der Waals surface area contributed by atoms with Gasteiger partial charge < -0.3 is 9.72 Å². The minimum absolute atomic E-state index is 0.108. The van der Waals surface area contributed by atoms with Gasteiger partial charge in [0.1, 0.15) is 5.75 Å². The molecule has 0 aliphatic rings. The molecule has 1 aromatic heterocycles. The van der Waals surface area contributed by atoms with E-state index in [0.717, 1.165) is 16.5 Å². The molecule has 19 heavy (non-hydrogen) atoms. The Kier molecular flexibility index (Phi) is 2.80. The van der Waals surface area contributed by atoms with Crippen molar-refractivity contribution in [2.75, 3.05) is 7.11 Å². The number of methoxy groups -OCH3 is 1. The Labute approximate surface area is 110 Å². The number of hydrogen-bond acceptors (Lipinski definition) is 2. The first-order valence-electron chi connectivity index (χ1n) is 6.05. The smallest absolute Gasteiger partial charge is 0.256 e. The molecule has 3 aromatic rings. The molecule has 0 amide bonds. The number of hydrogen-bond donors (Lipinski definition) is 1. The van der Waals surface area contributed by atoms with Gasteiger partial charge in [0.15, 0.2) is 0 Å². The van der Waals surface area contributed by atoms with Gasteiger partial charge in [-0.25, -0.2) is 0 Å². The van der Waals surface area contributed by atoms with Crippen LogP contribution in [0.2, 0.25) is 0 Å². The number of rotatable bonds is 2. The molecule has 0 aliphatic carbocycles. The maximum atomic E-state index is 12.2. The van der Waals surface area contributed by atoms with Crippen LogP contribution in [0.3, 0.4) is 0 Å². The molecule has 0 aliphatic heterocycles. The second kappa shape index (κ2) is 4.61. The SMILES string of the molecule is COc1cccc2cc(-c3ccccc3)c(=O)[nH]c12. The molecule has 3 rings (SSSR count). The van der Waals surface area contributed by atoms with Crippen molar-refractivity contribution in [3.05, 3.63) is 65.0 Å². The van der Waals surface area contributed by atoms with Gasteiger partial charge in [0.25, 0.3) is 5.56 Å². The van der Waals surface area contributed by atoms with Crippen LogP contribution in [0.1, 0.15) is 0 Å². The number of fused-ring (bicyclic) bond motifs is 1. The number of nitrogens with one attached hydrogen (secondary N) is 1. The third-order valence-corrected chi connectivity index (χ3v) is 3.15. The zero-order valence-electron chi connectivity index (χ0n) is 10.5. The van der Waals surface area contributed by atoms with Crippen LogP contribution in [0.5, 0.6) is 5.75 Å². The Morgan fingerprint density at radius 3 is 2.53 bits per heavy atom. The second-order valence-corrected chi connectivity index (χ2v) is 4.30. The quantitative estimate of drug-likeness (QED) is 0.760. The fourth-order valence-electron chi connectivity index (χ4n) is 2.21. The zero-order valence-corrected chi connectivity index (χ0v) is 10.5. The standard InChI is InChI=1S/C16H13NO2/c1-19-14-9-5-8-12-10-13(16(18)17-15(12)14)11-6-3-2-4-7-11/h2-10H,1H3,(H,17,18). The van der Waals surface area contributed by atoms with Crippen molar-refractivity contribution >= 4 is 10.9 Å². The molecule has 0 fully saturated rings. The van der Waals surface area contributed by atoms with Crippen LogP contribution in [0.15, 0.2) is 59.4 Å². The lowest BCUT2D eigenvalue weighted by atomic mass is 10.1. The highest BCUT2D eigenvalue weighted by Crippen LogP contribution is 2.25. The molecule has 0 unspecified atom stereocenters. The van der Waals surface area contributed by atoms with E-state index in [-0.39, 0.29) is 5.56 Å². The number of para-hydroxylation sites is 1. The Bertz CT molecular complexity index is 776. The lowest BCUT2D eigenvalue weighted by molar-refractivity contribution is 0.419. The molecule has 0 saturated carbocycles. The maximum absolute atomic E-state index is 12.2. The largest absolute Gasteiger partial charge is 0.495 e. The van der Waals surface area contributed by atoms with Crippen molar-refractivity contribution < 1.29 is 4.74 Å². The lowest BCUT2D eigenvalue weighted by Crippen LogP contribution is -2.09.